The summed E-state index contributed by atoms with van der Waals surface area (Å²) in [6, 6.07) is 0.347. The van der Waals surface area contributed by atoms with E-state index in [2.05, 4.69) is 26.1 Å². The fraction of sp³-hybridized carbons (Fsp3) is 0.941. The van der Waals surface area contributed by atoms with Crippen LogP contribution in [0.25, 0.3) is 0 Å². The quantitative estimate of drug-likeness (QED) is 0.847. The van der Waals surface area contributed by atoms with E-state index in [0.29, 0.717) is 12.0 Å². The van der Waals surface area contributed by atoms with Gasteiger partial charge in [0, 0.05) is 32.8 Å². The first-order chi connectivity index (χ1) is 10.0. The van der Waals surface area contributed by atoms with Gasteiger partial charge in [-0.15, -0.1) is 0 Å². The molecule has 1 rings (SSSR count). The van der Waals surface area contributed by atoms with Crippen LogP contribution in [0.4, 0.5) is 4.79 Å². The maximum absolute atomic E-state index is 12.2. The molecule has 1 N–H and O–H groups in total. The van der Waals surface area contributed by atoms with Gasteiger partial charge >= 0.3 is 6.09 Å². The molecular formula is C17H34N2O3. The molecule has 0 saturated carbocycles. The van der Waals surface area contributed by atoms with Crippen LogP contribution in [0.1, 0.15) is 54.4 Å². The highest BCUT2D eigenvalue weighted by Gasteiger charge is 2.30. The largest absolute Gasteiger partial charge is 0.444 e. The van der Waals surface area contributed by atoms with E-state index in [1.807, 2.05) is 25.7 Å². The summed E-state index contributed by atoms with van der Waals surface area (Å²) in [5.41, 5.74) is -0.607. The average Bonchev–Trinajstić information content (AvgIpc) is 2.43. The second-order valence-corrected chi connectivity index (χ2v) is 7.96. The number of hydrogen-bond acceptors (Lipinski definition) is 4. The molecule has 1 amide bonds. The van der Waals surface area contributed by atoms with E-state index in [1.54, 1.807) is 7.11 Å². The number of carbonyl (C=O) groups excluding carboxylic acids is 1. The second kappa shape index (κ2) is 7.64. The minimum atomic E-state index is -0.434. The molecule has 1 aliphatic rings. The summed E-state index contributed by atoms with van der Waals surface area (Å²) in [7, 11) is 1.73. The molecule has 0 aliphatic carbocycles. The Bertz CT molecular complexity index is 363. The van der Waals surface area contributed by atoms with Crippen molar-refractivity contribution < 1.29 is 14.3 Å². The summed E-state index contributed by atoms with van der Waals surface area (Å²) in [6.45, 7) is 14.4. The summed E-state index contributed by atoms with van der Waals surface area (Å²) in [6.07, 6.45) is 1.98. The SMILES string of the molecule is COC(C)(C)CNC(C)C1CCCN(C(=O)OC(C)(C)C)C1. The number of amides is 1. The monoisotopic (exact) mass is 314 g/mol. The number of nitrogens with zero attached hydrogens (tertiary/aromatic N) is 1. The van der Waals surface area contributed by atoms with Crippen molar-refractivity contribution in [3.63, 3.8) is 0 Å². The maximum atomic E-state index is 12.2. The average molecular weight is 314 g/mol. The van der Waals surface area contributed by atoms with Gasteiger partial charge in [0.2, 0.25) is 0 Å². The number of nitrogens with one attached hydrogen (secondary N) is 1. The Morgan fingerprint density at radius 1 is 1.32 bits per heavy atom. The number of ether oxygens (including phenoxy) is 2. The van der Waals surface area contributed by atoms with E-state index in [9.17, 15) is 4.79 Å². The first-order valence-corrected chi connectivity index (χ1v) is 8.30. The molecule has 1 fully saturated rings. The Labute approximate surface area is 135 Å². The minimum absolute atomic E-state index is 0.173. The molecule has 0 spiro atoms. The zero-order valence-electron chi connectivity index (χ0n) is 15.4. The zero-order chi connectivity index (χ0) is 17.0. The summed E-state index contributed by atoms with van der Waals surface area (Å²) >= 11 is 0. The highest BCUT2D eigenvalue weighted by Crippen LogP contribution is 2.22. The molecule has 0 radical (unpaired) electrons. The molecule has 0 aromatic heterocycles. The van der Waals surface area contributed by atoms with Crippen LogP contribution >= 0.6 is 0 Å². The fourth-order valence-electron chi connectivity index (χ4n) is 2.56. The first-order valence-electron chi connectivity index (χ1n) is 8.30. The van der Waals surface area contributed by atoms with Crippen LogP contribution in [0.2, 0.25) is 0 Å². The zero-order valence-corrected chi connectivity index (χ0v) is 15.4. The summed E-state index contributed by atoms with van der Waals surface area (Å²) in [4.78, 5) is 14.1. The summed E-state index contributed by atoms with van der Waals surface area (Å²) in [5.74, 6) is 0.453. The van der Waals surface area contributed by atoms with E-state index in [1.165, 1.54) is 0 Å². The molecule has 0 aromatic carbocycles. The Balaban J connectivity index is 2.50. The van der Waals surface area contributed by atoms with Crippen LogP contribution in [0.15, 0.2) is 0 Å². The van der Waals surface area contributed by atoms with Crippen molar-refractivity contribution in [2.24, 2.45) is 5.92 Å². The van der Waals surface area contributed by atoms with E-state index in [4.69, 9.17) is 9.47 Å². The van der Waals surface area contributed by atoms with Crippen molar-refractivity contribution in [2.75, 3.05) is 26.7 Å². The van der Waals surface area contributed by atoms with Crippen molar-refractivity contribution in [1.82, 2.24) is 10.2 Å². The van der Waals surface area contributed by atoms with E-state index in [-0.39, 0.29) is 11.7 Å². The van der Waals surface area contributed by atoms with Gasteiger partial charge in [0.05, 0.1) is 5.60 Å². The lowest BCUT2D eigenvalue weighted by Gasteiger charge is -2.37. The molecular weight excluding hydrogens is 280 g/mol. The van der Waals surface area contributed by atoms with Gasteiger partial charge in [0.25, 0.3) is 0 Å². The molecule has 130 valence electrons. The number of methoxy groups -OCH3 is 1. The lowest BCUT2D eigenvalue weighted by Crippen LogP contribution is -2.50. The third kappa shape index (κ3) is 6.53. The van der Waals surface area contributed by atoms with Crippen LogP contribution in [0.3, 0.4) is 0 Å². The highest BCUT2D eigenvalue weighted by atomic mass is 16.6. The number of hydrogen-bond donors (Lipinski definition) is 1. The number of likely N-dealkylation sites (tertiary alicyclic amines) is 1. The molecule has 0 bridgehead atoms. The molecule has 1 heterocycles. The number of piperidine rings is 1. The van der Waals surface area contributed by atoms with Gasteiger partial charge in [-0.25, -0.2) is 4.79 Å². The van der Waals surface area contributed by atoms with Crippen molar-refractivity contribution >= 4 is 6.09 Å². The molecule has 0 aromatic rings. The lowest BCUT2D eigenvalue weighted by atomic mass is 9.91. The van der Waals surface area contributed by atoms with Gasteiger partial charge in [-0.2, -0.15) is 0 Å². The van der Waals surface area contributed by atoms with Crippen molar-refractivity contribution in [3.8, 4) is 0 Å². The normalized spacial score (nSPS) is 21.6. The van der Waals surface area contributed by atoms with Crippen molar-refractivity contribution in [2.45, 2.75) is 71.6 Å². The smallest absolute Gasteiger partial charge is 0.410 e. The Morgan fingerprint density at radius 2 is 1.95 bits per heavy atom. The number of carbonyl (C=O) groups is 1. The molecule has 1 aliphatic heterocycles. The highest BCUT2D eigenvalue weighted by molar-refractivity contribution is 5.68. The predicted octanol–water partition coefficient (Wildman–Crippen LogP) is 3.04. The van der Waals surface area contributed by atoms with Crippen molar-refractivity contribution in [1.29, 1.82) is 0 Å². The summed E-state index contributed by atoms with van der Waals surface area (Å²) in [5, 5.41) is 3.55. The minimum Gasteiger partial charge on any atom is -0.444 e. The van der Waals surface area contributed by atoms with Gasteiger partial charge < -0.3 is 19.7 Å². The van der Waals surface area contributed by atoms with Crippen LogP contribution < -0.4 is 5.32 Å². The van der Waals surface area contributed by atoms with Gasteiger partial charge in [0.1, 0.15) is 5.60 Å². The van der Waals surface area contributed by atoms with Crippen molar-refractivity contribution in [3.05, 3.63) is 0 Å². The van der Waals surface area contributed by atoms with Gasteiger partial charge in [-0.3, -0.25) is 0 Å². The third-order valence-electron chi connectivity index (χ3n) is 4.22. The van der Waals surface area contributed by atoms with Gasteiger partial charge in [-0.05, 0) is 60.3 Å². The van der Waals surface area contributed by atoms with Crippen LogP contribution in [0, 0.1) is 5.92 Å². The Morgan fingerprint density at radius 3 is 2.50 bits per heavy atom. The van der Waals surface area contributed by atoms with Crippen LogP contribution in [-0.2, 0) is 9.47 Å². The Kier molecular flexibility index (Phi) is 6.68. The predicted molar refractivity (Wildman–Crippen MR) is 89.1 cm³/mol. The molecule has 1 saturated heterocycles. The summed E-state index contributed by atoms with van der Waals surface area (Å²) < 4.78 is 10.9. The molecule has 2 atom stereocenters. The molecule has 5 heteroatoms. The topological polar surface area (TPSA) is 50.8 Å². The van der Waals surface area contributed by atoms with E-state index >= 15 is 0 Å². The second-order valence-electron chi connectivity index (χ2n) is 7.96. The van der Waals surface area contributed by atoms with E-state index in [0.717, 1.165) is 32.5 Å². The Hall–Kier alpha value is -0.810. The molecule has 2 unspecified atom stereocenters. The van der Waals surface area contributed by atoms with Crippen LogP contribution in [0.5, 0.6) is 0 Å². The lowest BCUT2D eigenvalue weighted by molar-refractivity contribution is 0.00888. The number of rotatable bonds is 5. The third-order valence-corrected chi connectivity index (χ3v) is 4.22. The standard InChI is InChI=1S/C17H34N2O3/c1-13(18-12-17(5,6)21-7)14-9-8-10-19(11-14)15(20)22-16(2,3)4/h13-14,18H,8-12H2,1-7H3. The van der Waals surface area contributed by atoms with E-state index < -0.39 is 5.60 Å². The molecule has 22 heavy (non-hydrogen) atoms. The van der Waals surface area contributed by atoms with Gasteiger partial charge in [0.15, 0.2) is 0 Å². The van der Waals surface area contributed by atoms with Crippen LogP contribution in [-0.4, -0.2) is 55.0 Å². The van der Waals surface area contributed by atoms with Gasteiger partial charge in [-0.1, -0.05) is 0 Å². The molecule has 5 nitrogen and oxygen atoms in total. The first kappa shape index (κ1) is 19.2. The fourth-order valence-corrected chi connectivity index (χ4v) is 2.56. The maximum Gasteiger partial charge on any atom is 0.410 e.